The minimum atomic E-state index is -0.253. The summed E-state index contributed by atoms with van der Waals surface area (Å²) in [5.74, 6) is 0.281. The van der Waals surface area contributed by atoms with E-state index in [1.807, 2.05) is 0 Å². The van der Waals surface area contributed by atoms with Crippen LogP contribution in [0, 0.1) is 11.7 Å². The highest BCUT2D eigenvalue weighted by molar-refractivity contribution is 5.76. The zero-order chi connectivity index (χ0) is 12.1. The van der Waals surface area contributed by atoms with E-state index in [1.165, 1.54) is 12.1 Å². The molecular formula is C13H17FN2O. The molecule has 2 rings (SSSR count). The molecule has 0 unspecified atom stereocenters. The van der Waals surface area contributed by atoms with E-state index in [-0.39, 0.29) is 11.7 Å². The summed E-state index contributed by atoms with van der Waals surface area (Å²) in [5, 5.41) is 6.09. The maximum Gasteiger partial charge on any atom is 0.220 e. The molecule has 1 aliphatic heterocycles. The fourth-order valence-electron chi connectivity index (χ4n) is 2.03. The first-order chi connectivity index (χ1) is 8.24. The quantitative estimate of drug-likeness (QED) is 0.830. The lowest BCUT2D eigenvalue weighted by Crippen LogP contribution is -2.25. The zero-order valence-electron chi connectivity index (χ0n) is 9.71. The van der Waals surface area contributed by atoms with Gasteiger partial charge in [-0.15, -0.1) is 0 Å². The van der Waals surface area contributed by atoms with Gasteiger partial charge in [0.25, 0.3) is 0 Å². The lowest BCUT2D eigenvalue weighted by Gasteiger charge is -2.09. The first-order valence-corrected chi connectivity index (χ1v) is 5.96. The number of nitrogens with one attached hydrogen (secondary N) is 2. The number of amides is 1. The molecule has 2 N–H and O–H groups in total. The first kappa shape index (κ1) is 12.0. The first-order valence-electron chi connectivity index (χ1n) is 5.96. The average Bonchev–Trinajstić information content (AvgIpc) is 2.81. The van der Waals surface area contributed by atoms with E-state index in [4.69, 9.17) is 0 Å². The second-order valence-electron chi connectivity index (χ2n) is 4.47. The van der Waals surface area contributed by atoms with E-state index >= 15 is 0 Å². The van der Waals surface area contributed by atoms with E-state index in [1.54, 1.807) is 12.1 Å². The maximum absolute atomic E-state index is 12.7. The predicted molar refractivity (Wildman–Crippen MR) is 63.8 cm³/mol. The summed E-state index contributed by atoms with van der Waals surface area (Å²) in [5.41, 5.74) is 0.921. The van der Waals surface area contributed by atoms with Gasteiger partial charge >= 0.3 is 0 Å². The molecule has 1 heterocycles. The van der Waals surface area contributed by atoms with Gasteiger partial charge in [0.1, 0.15) is 5.82 Å². The lowest BCUT2D eigenvalue weighted by atomic mass is 10.0. The predicted octanol–water partition coefficient (Wildman–Crippen LogP) is 1.44. The monoisotopic (exact) mass is 236 g/mol. The van der Waals surface area contributed by atoms with Crippen LogP contribution in [0.1, 0.15) is 18.4 Å². The molecule has 92 valence electrons. The SMILES string of the molecule is O=C(C[C@@H]1CCNC1)NCc1ccc(F)cc1. The van der Waals surface area contributed by atoms with Crippen LogP contribution < -0.4 is 10.6 Å². The number of benzene rings is 1. The summed E-state index contributed by atoms with van der Waals surface area (Å²) >= 11 is 0. The van der Waals surface area contributed by atoms with Crippen LogP contribution in [0.25, 0.3) is 0 Å². The van der Waals surface area contributed by atoms with Gasteiger partial charge in [-0.25, -0.2) is 4.39 Å². The lowest BCUT2D eigenvalue weighted by molar-refractivity contribution is -0.122. The summed E-state index contributed by atoms with van der Waals surface area (Å²) in [4.78, 5) is 11.6. The number of hydrogen-bond donors (Lipinski definition) is 2. The Balaban J connectivity index is 1.73. The number of halogens is 1. The van der Waals surface area contributed by atoms with E-state index in [9.17, 15) is 9.18 Å². The molecule has 17 heavy (non-hydrogen) atoms. The normalized spacial score (nSPS) is 19.2. The topological polar surface area (TPSA) is 41.1 Å². The van der Waals surface area contributed by atoms with Crippen molar-refractivity contribution >= 4 is 5.91 Å². The molecule has 0 bridgehead atoms. The van der Waals surface area contributed by atoms with Gasteiger partial charge in [0.2, 0.25) is 5.91 Å². The van der Waals surface area contributed by atoms with Crippen LogP contribution in [0.15, 0.2) is 24.3 Å². The fourth-order valence-corrected chi connectivity index (χ4v) is 2.03. The number of hydrogen-bond acceptors (Lipinski definition) is 2. The maximum atomic E-state index is 12.7. The summed E-state index contributed by atoms with van der Waals surface area (Å²) in [6, 6.07) is 6.18. The van der Waals surface area contributed by atoms with E-state index in [0.29, 0.717) is 18.9 Å². The van der Waals surface area contributed by atoms with Crippen molar-refractivity contribution in [3.05, 3.63) is 35.6 Å². The standard InChI is InChI=1S/C13H17FN2O/c14-12-3-1-10(2-4-12)9-16-13(17)7-11-5-6-15-8-11/h1-4,11,15H,5-9H2,(H,16,17)/t11-/m0/s1. The minimum Gasteiger partial charge on any atom is -0.352 e. The van der Waals surface area contributed by atoms with Crippen LogP contribution in [0.4, 0.5) is 4.39 Å². The van der Waals surface area contributed by atoms with Crippen molar-refractivity contribution in [3.63, 3.8) is 0 Å². The second-order valence-corrected chi connectivity index (χ2v) is 4.47. The van der Waals surface area contributed by atoms with E-state index < -0.39 is 0 Å². The van der Waals surface area contributed by atoms with Crippen LogP contribution in [0.5, 0.6) is 0 Å². The van der Waals surface area contributed by atoms with Crippen molar-refractivity contribution in [3.8, 4) is 0 Å². The number of carbonyl (C=O) groups is 1. The largest absolute Gasteiger partial charge is 0.352 e. The van der Waals surface area contributed by atoms with Crippen molar-refractivity contribution in [2.24, 2.45) is 5.92 Å². The minimum absolute atomic E-state index is 0.0722. The highest BCUT2D eigenvalue weighted by atomic mass is 19.1. The van der Waals surface area contributed by atoms with Crippen LogP contribution in [0.2, 0.25) is 0 Å². The third-order valence-electron chi connectivity index (χ3n) is 3.04. The Morgan fingerprint density at radius 2 is 2.18 bits per heavy atom. The summed E-state index contributed by atoms with van der Waals surface area (Å²) in [6.45, 7) is 2.42. The molecule has 1 fully saturated rings. The van der Waals surface area contributed by atoms with Gasteiger partial charge < -0.3 is 10.6 Å². The molecule has 1 aromatic rings. The Bertz CT molecular complexity index is 372. The van der Waals surface area contributed by atoms with Gasteiger partial charge in [0.15, 0.2) is 0 Å². The van der Waals surface area contributed by atoms with Crippen molar-refractivity contribution in [2.75, 3.05) is 13.1 Å². The smallest absolute Gasteiger partial charge is 0.220 e. The highest BCUT2D eigenvalue weighted by Gasteiger charge is 2.17. The summed E-state index contributed by atoms with van der Waals surface area (Å²) in [6.07, 6.45) is 1.65. The van der Waals surface area contributed by atoms with Gasteiger partial charge in [-0.05, 0) is 43.1 Å². The van der Waals surface area contributed by atoms with Gasteiger partial charge in [0, 0.05) is 13.0 Å². The van der Waals surface area contributed by atoms with Gasteiger partial charge in [-0.2, -0.15) is 0 Å². The Kier molecular flexibility index (Phi) is 4.09. The molecule has 0 spiro atoms. The van der Waals surface area contributed by atoms with Crippen molar-refractivity contribution in [1.29, 1.82) is 0 Å². The Morgan fingerprint density at radius 1 is 1.41 bits per heavy atom. The second kappa shape index (κ2) is 5.77. The molecule has 0 aliphatic carbocycles. The highest BCUT2D eigenvalue weighted by Crippen LogP contribution is 2.11. The number of rotatable bonds is 4. The van der Waals surface area contributed by atoms with Crippen molar-refractivity contribution < 1.29 is 9.18 Å². The van der Waals surface area contributed by atoms with Crippen LogP contribution in [-0.2, 0) is 11.3 Å². The molecule has 1 saturated heterocycles. The zero-order valence-corrected chi connectivity index (χ0v) is 9.71. The van der Waals surface area contributed by atoms with Crippen LogP contribution >= 0.6 is 0 Å². The van der Waals surface area contributed by atoms with Crippen LogP contribution in [0.3, 0.4) is 0 Å². The molecule has 1 aromatic carbocycles. The fraction of sp³-hybridized carbons (Fsp3) is 0.462. The molecule has 0 saturated carbocycles. The molecule has 4 heteroatoms. The van der Waals surface area contributed by atoms with Crippen LogP contribution in [-0.4, -0.2) is 19.0 Å². The molecule has 0 radical (unpaired) electrons. The van der Waals surface area contributed by atoms with Gasteiger partial charge in [-0.3, -0.25) is 4.79 Å². The summed E-state index contributed by atoms with van der Waals surface area (Å²) < 4.78 is 12.7. The molecule has 1 atom stereocenters. The Labute approximate surface area is 100 Å². The summed E-state index contributed by atoms with van der Waals surface area (Å²) in [7, 11) is 0. The average molecular weight is 236 g/mol. The molecule has 1 aliphatic rings. The molecule has 1 amide bonds. The van der Waals surface area contributed by atoms with Gasteiger partial charge in [-0.1, -0.05) is 12.1 Å². The molecular weight excluding hydrogens is 219 g/mol. The van der Waals surface area contributed by atoms with Crippen molar-refractivity contribution in [1.82, 2.24) is 10.6 Å². The van der Waals surface area contributed by atoms with E-state index in [2.05, 4.69) is 10.6 Å². The third kappa shape index (κ3) is 3.82. The Morgan fingerprint density at radius 3 is 2.82 bits per heavy atom. The van der Waals surface area contributed by atoms with Crippen molar-refractivity contribution in [2.45, 2.75) is 19.4 Å². The molecule has 3 nitrogen and oxygen atoms in total. The van der Waals surface area contributed by atoms with E-state index in [0.717, 1.165) is 25.1 Å². The molecule has 0 aromatic heterocycles. The third-order valence-corrected chi connectivity index (χ3v) is 3.04. The van der Waals surface area contributed by atoms with Gasteiger partial charge in [0.05, 0.1) is 0 Å². The number of carbonyl (C=O) groups excluding carboxylic acids is 1. The Hall–Kier alpha value is -1.42.